The number of ether oxygens (including phenoxy) is 2. The summed E-state index contributed by atoms with van der Waals surface area (Å²) in [5, 5.41) is 2.97. The molecule has 3 aliphatic heterocycles. The summed E-state index contributed by atoms with van der Waals surface area (Å²) < 4.78 is 11.1. The van der Waals surface area contributed by atoms with Gasteiger partial charge in [-0.1, -0.05) is 0 Å². The highest BCUT2D eigenvalue weighted by atomic mass is 16.6. The van der Waals surface area contributed by atoms with Crippen LogP contribution in [0.25, 0.3) is 0 Å². The zero-order chi connectivity index (χ0) is 21.0. The Morgan fingerprint density at radius 2 is 1.48 bits per heavy atom. The van der Waals surface area contributed by atoms with Crippen molar-refractivity contribution in [3.05, 3.63) is 30.6 Å². The first-order chi connectivity index (χ1) is 15.3. The molecule has 164 valence electrons. The third-order valence-electron chi connectivity index (χ3n) is 6.00. The molecule has 5 rings (SSSR count). The molecule has 2 saturated heterocycles. The number of piperazine rings is 1. The molecule has 1 N–H and O–H groups in total. The number of piperidine rings is 1. The minimum Gasteiger partial charge on any atom is -0.486 e. The topological polar surface area (TPSA) is 83.1 Å². The number of anilines is 3. The Bertz CT molecular complexity index is 925. The predicted octanol–water partition coefficient (Wildman–Crippen LogP) is 2.59. The molecule has 9 heteroatoms. The second kappa shape index (κ2) is 8.87. The van der Waals surface area contributed by atoms with Gasteiger partial charge in [-0.15, -0.1) is 0 Å². The van der Waals surface area contributed by atoms with E-state index in [9.17, 15) is 4.79 Å². The van der Waals surface area contributed by atoms with E-state index in [0.29, 0.717) is 43.5 Å². The van der Waals surface area contributed by atoms with Gasteiger partial charge in [0.1, 0.15) is 31.2 Å². The zero-order valence-electron chi connectivity index (χ0n) is 17.6. The van der Waals surface area contributed by atoms with Gasteiger partial charge in [-0.25, -0.2) is 14.8 Å². The molecule has 0 unspecified atom stereocenters. The molecule has 2 fully saturated rings. The lowest BCUT2D eigenvalue weighted by atomic mass is 10.1. The first kappa shape index (κ1) is 19.7. The molecule has 9 nitrogen and oxygen atoms in total. The zero-order valence-corrected chi connectivity index (χ0v) is 17.6. The van der Waals surface area contributed by atoms with E-state index < -0.39 is 0 Å². The van der Waals surface area contributed by atoms with Crippen molar-refractivity contribution in [2.75, 3.05) is 67.6 Å². The number of carbonyl (C=O) groups excluding carboxylic acids is 1. The maximum Gasteiger partial charge on any atom is 0.321 e. The molecule has 0 atom stereocenters. The number of hydrogen-bond donors (Lipinski definition) is 1. The SMILES string of the molecule is O=C(Nc1ccc2c(c1)OCCO2)N1CCN(c2cc(N3CCCCC3)ncn2)CC1. The molecule has 0 radical (unpaired) electrons. The Morgan fingerprint density at radius 3 is 2.23 bits per heavy atom. The molecular weight excluding hydrogens is 396 g/mol. The van der Waals surface area contributed by atoms with Crippen LogP contribution in [-0.4, -0.2) is 73.4 Å². The van der Waals surface area contributed by atoms with E-state index in [-0.39, 0.29) is 6.03 Å². The first-order valence-electron chi connectivity index (χ1n) is 11.0. The van der Waals surface area contributed by atoms with Crippen molar-refractivity contribution in [1.82, 2.24) is 14.9 Å². The van der Waals surface area contributed by atoms with Crippen molar-refractivity contribution in [3.8, 4) is 11.5 Å². The average molecular weight is 425 g/mol. The van der Waals surface area contributed by atoms with Gasteiger partial charge in [0.2, 0.25) is 0 Å². The van der Waals surface area contributed by atoms with E-state index in [2.05, 4.69) is 31.2 Å². The van der Waals surface area contributed by atoms with E-state index >= 15 is 0 Å². The summed E-state index contributed by atoms with van der Waals surface area (Å²) in [6.07, 6.45) is 5.39. The first-order valence-corrected chi connectivity index (χ1v) is 11.0. The third-order valence-corrected chi connectivity index (χ3v) is 6.00. The van der Waals surface area contributed by atoms with Gasteiger partial charge in [0.05, 0.1) is 0 Å². The highest BCUT2D eigenvalue weighted by molar-refractivity contribution is 5.90. The number of benzene rings is 1. The van der Waals surface area contributed by atoms with Crippen molar-refractivity contribution in [2.24, 2.45) is 0 Å². The van der Waals surface area contributed by atoms with Crippen LogP contribution >= 0.6 is 0 Å². The van der Waals surface area contributed by atoms with E-state index in [1.165, 1.54) is 19.3 Å². The van der Waals surface area contributed by atoms with Gasteiger partial charge >= 0.3 is 6.03 Å². The molecule has 0 spiro atoms. The van der Waals surface area contributed by atoms with Gasteiger partial charge in [-0.05, 0) is 31.4 Å². The van der Waals surface area contributed by atoms with Gasteiger partial charge < -0.3 is 29.5 Å². The minimum atomic E-state index is -0.104. The lowest BCUT2D eigenvalue weighted by molar-refractivity contribution is 0.171. The second-order valence-corrected chi connectivity index (χ2v) is 8.04. The fourth-order valence-electron chi connectivity index (χ4n) is 4.27. The minimum absolute atomic E-state index is 0.104. The summed E-state index contributed by atoms with van der Waals surface area (Å²) in [6, 6.07) is 7.46. The van der Waals surface area contributed by atoms with Crippen molar-refractivity contribution in [2.45, 2.75) is 19.3 Å². The number of urea groups is 1. The fraction of sp³-hybridized carbons (Fsp3) is 0.500. The van der Waals surface area contributed by atoms with Crippen LogP contribution in [0.1, 0.15) is 19.3 Å². The maximum atomic E-state index is 12.7. The predicted molar refractivity (Wildman–Crippen MR) is 118 cm³/mol. The number of nitrogens with zero attached hydrogens (tertiary/aromatic N) is 5. The maximum absolute atomic E-state index is 12.7. The van der Waals surface area contributed by atoms with Gasteiger partial charge in [0.15, 0.2) is 11.5 Å². The molecular formula is C22H28N6O3. The Morgan fingerprint density at radius 1 is 0.806 bits per heavy atom. The molecule has 31 heavy (non-hydrogen) atoms. The van der Waals surface area contributed by atoms with E-state index in [0.717, 1.165) is 37.8 Å². The average Bonchev–Trinajstić information content (AvgIpc) is 2.85. The number of nitrogens with one attached hydrogen (secondary N) is 1. The summed E-state index contributed by atoms with van der Waals surface area (Å²) in [6.45, 7) is 5.95. The van der Waals surface area contributed by atoms with Gasteiger partial charge in [0.25, 0.3) is 0 Å². The van der Waals surface area contributed by atoms with Crippen molar-refractivity contribution in [1.29, 1.82) is 0 Å². The van der Waals surface area contributed by atoms with E-state index in [1.807, 2.05) is 23.1 Å². The molecule has 2 amide bonds. The third kappa shape index (κ3) is 4.45. The molecule has 0 bridgehead atoms. The van der Waals surface area contributed by atoms with Crippen LogP contribution in [0.2, 0.25) is 0 Å². The fourth-order valence-corrected chi connectivity index (χ4v) is 4.27. The van der Waals surface area contributed by atoms with Crippen LogP contribution < -0.4 is 24.6 Å². The number of carbonyl (C=O) groups is 1. The van der Waals surface area contributed by atoms with Crippen LogP contribution in [0.5, 0.6) is 11.5 Å². The summed E-state index contributed by atoms with van der Waals surface area (Å²) in [5.74, 6) is 3.32. The number of amides is 2. The molecule has 0 saturated carbocycles. The van der Waals surface area contributed by atoms with Gasteiger partial charge in [-0.2, -0.15) is 0 Å². The summed E-state index contributed by atoms with van der Waals surface area (Å²) in [5.41, 5.74) is 0.707. The number of fused-ring (bicyclic) bond motifs is 1. The Labute approximate surface area is 182 Å². The number of aromatic nitrogens is 2. The van der Waals surface area contributed by atoms with Crippen LogP contribution in [0.15, 0.2) is 30.6 Å². The normalized spacial score (nSPS) is 18.6. The Kier molecular flexibility index (Phi) is 5.64. The second-order valence-electron chi connectivity index (χ2n) is 8.04. The number of rotatable bonds is 3. The molecule has 0 aliphatic carbocycles. The Balaban J connectivity index is 1.17. The van der Waals surface area contributed by atoms with E-state index in [1.54, 1.807) is 6.33 Å². The largest absolute Gasteiger partial charge is 0.486 e. The van der Waals surface area contributed by atoms with Crippen LogP contribution in [-0.2, 0) is 0 Å². The molecule has 2 aromatic rings. The van der Waals surface area contributed by atoms with Gasteiger partial charge in [-0.3, -0.25) is 0 Å². The van der Waals surface area contributed by atoms with Crippen molar-refractivity contribution in [3.63, 3.8) is 0 Å². The standard InChI is InChI=1S/C22H28N6O3/c29-22(25-17-4-5-18-19(14-17)31-13-12-30-18)28-10-8-27(9-11-28)21-15-20(23-16-24-21)26-6-2-1-3-7-26/h4-5,14-16H,1-3,6-13H2,(H,25,29). The Hall–Kier alpha value is -3.23. The lowest BCUT2D eigenvalue weighted by Crippen LogP contribution is -2.50. The van der Waals surface area contributed by atoms with E-state index in [4.69, 9.17) is 9.47 Å². The van der Waals surface area contributed by atoms with Crippen molar-refractivity contribution >= 4 is 23.4 Å². The smallest absolute Gasteiger partial charge is 0.321 e. The van der Waals surface area contributed by atoms with Gasteiger partial charge in [0, 0.05) is 57.1 Å². The quantitative estimate of drug-likeness (QED) is 0.811. The molecule has 1 aromatic heterocycles. The van der Waals surface area contributed by atoms with Crippen LogP contribution in [0.3, 0.4) is 0 Å². The molecule has 3 aliphatic rings. The molecule has 1 aromatic carbocycles. The monoisotopic (exact) mass is 424 g/mol. The summed E-state index contributed by atoms with van der Waals surface area (Å²) >= 11 is 0. The van der Waals surface area contributed by atoms with Crippen LogP contribution in [0, 0.1) is 0 Å². The highest BCUT2D eigenvalue weighted by Gasteiger charge is 2.23. The lowest BCUT2D eigenvalue weighted by Gasteiger charge is -2.36. The van der Waals surface area contributed by atoms with Crippen molar-refractivity contribution < 1.29 is 14.3 Å². The number of hydrogen-bond acceptors (Lipinski definition) is 7. The van der Waals surface area contributed by atoms with Crippen LogP contribution in [0.4, 0.5) is 22.1 Å². The highest BCUT2D eigenvalue weighted by Crippen LogP contribution is 2.32. The summed E-state index contributed by atoms with van der Waals surface area (Å²) in [7, 11) is 0. The molecule has 4 heterocycles. The summed E-state index contributed by atoms with van der Waals surface area (Å²) in [4.78, 5) is 28.1.